The highest BCUT2D eigenvalue weighted by atomic mass is 35.5. The van der Waals surface area contributed by atoms with E-state index in [1.165, 1.54) is 11.9 Å². The SMILES string of the molecule is ClB1CC1Cc1ccccc1. The molecule has 1 aromatic carbocycles. The predicted molar refractivity (Wildman–Crippen MR) is 50.3 cm³/mol. The van der Waals surface area contributed by atoms with Crippen LogP contribution in [0, 0.1) is 0 Å². The molecule has 2 rings (SSSR count). The number of hydrogen-bond acceptors (Lipinski definition) is 0. The van der Waals surface area contributed by atoms with Crippen molar-refractivity contribution in [2.24, 2.45) is 0 Å². The third-order valence-corrected chi connectivity index (χ3v) is 2.71. The van der Waals surface area contributed by atoms with Crippen LogP contribution >= 0.6 is 11.5 Å². The first-order chi connectivity index (χ1) is 5.36. The fourth-order valence-electron chi connectivity index (χ4n) is 1.34. The van der Waals surface area contributed by atoms with Gasteiger partial charge < -0.3 is 0 Å². The number of rotatable bonds is 2. The lowest BCUT2D eigenvalue weighted by atomic mass is 9.95. The van der Waals surface area contributed by atoms with Crippen LogP contribution in [0.1, 0.15) is 5.56 Å². The van der Waals surface area contributed by atoms with E-state index < -0.39 is 0 Å². The maximum absolute atomic E-state index is 5.90. The third-order valence-electron chi connectivity index (χ3n) is 2.18. The zero-order valence-corrected chi connectivity index (χ0v) is 7.09. The minimum atomic E-state index is 0.454. The molecule has 1 heterocycles. The molecule has 1 atom stereocenters. The third kappa shape index (κ3) is 1.78. The molecule has 0 aliphatic carbocycles. The number of hydrogen-bond donors (Lipinski definition) is 0. The quantitative estimate of drug-likeness (QED) is 0.590. The van der Waals surface area contributed by atoms with Gasteiger partial charge in [0.1, 0.15) is 0 Å². The average molecular weight is 164 g/mol. The van der Waals surface area contributed by atoms with Gasteiger partial charge in [0.2, 0.25) is 0 Å². The molecule has 0 spiro atoms. The summed E-state index contributed by atoms with van der Waals surface area (Å²) in [6, 6.07) is 10.6. The molecule has 11 heavy (non-hydrogen) atoms. The molecule has 0 bridgehead atoms. The molecule has 1 aromatic rings. The molecule has 2 heteroatoms. The van der Waals surface area contributed by atoms with Gasteiger partial charge in [-0.25, -0.2) is 0 Å². The van der Waals surface area contributed by atoms with Crippen molar-refractivity contribution in [3.63, 3.8) is 0 Å². The maximum Gasteiger partial charge on any atom is 0.253 e. The molecule has 0 nitrogen and oxygen atoms in total. The van der Waals surface area contributed by atoms with E-state index in [1.807, 2.05) is 0 Å². The highest BCUT2D eigenvalue weighted by molar-refractivity contribution is 7.14. The number of benzene rings is 1. The molecule has 0 radical (unpaired) electrons. The Morgan fingerprint density at radius 2 is 2.00 bits per heavy atom. The van der Waals surface area contributed by atoms with Gasteiger partial charge >= 0.3 is 0 Å². The summed E-state index contributed by atoms with van der Waals surface area (Å²) in [4.78, 5) is 0. The van der Waals surface area contributed by atoms with Crippen LogP contribution in [0.5, 0.6) is 0 Å². The van der Waals surface area contributed by atoms with Gasteiger partial charge in [-0.05, 0) is 17.8 Å². The van der Waals surface area contributed by atoms with Crippen LogP contribution in [0.3, 0.4) is 0 Å². The first-order valence-electron chi connectivity index (χ1n) is 4.04. The lowest BCUT2D eigenvalue weighted by Gasteiger charge is -1.96. The lowest BCUT2D eigenvalue weighted by molar-refractivity contribution is 1.00. The van der Waals surface area contributed by atoms with Crippen molar-refractivity contribution in [2.75, 3.05) is 0 Å². The van der Waals surface area contributed by atoms with Crippen LogP contribution in [0.15, 0.2) is 30.3 Å². The summed E-state index contributed by atoms with van der Waals surface area (Å²) in [5.41, 5.74) is 1.42. The van der Waals surface area contributed by atoms with E-state index in [2.05, 4.69) is 30.3 Å². The summed E-state index contributed by atoms with van der Waals surface area (Å²) >= 11 is 5.90. The molecule has 56 valence electrons. The van der Waals surface area contributed by atoms with Crippen LogP contribution < -0.4 is 0 Å². The highest BCUT2D eigenvalue weighted by Gasteiger charge is 2.39. The summed E-state index contributed by atoms with van der Waals surface area (Å²) in [5, 5.41) is 0. The van der Waals surface area contributed by atoms with E-state index in [0.717, 1.165) is 12.2 Å². The van der Waals surface area contributed by atoms with Crippen molar-refractivity contribution >= 4 is 17.6 Å². The zero-order chi connectivity index (χ0) is 7.68. The first-order valence-corrected chi connectivity index (χ1v) is 4.48. The van der Waals surface area contributed by atoms with E-state index >= 15 is 0 Å². The van der Waals surface area contributed by atoms with Gasteiger partial charge in [-0.2, -0.15) is 11.5 Å². The van der Waals surface area contributed by atoms with E-state index in [-0.39, 0.29) is 0 Å². The fourth-order valence-corrected chi connectivity index (χ4v) is 1.66. The molecule has 1 fully saturated rings. The Labute approximate surface area is 72.6 Å². The van der Waals surface area contributed by atoms with Crippen molar-refractivity contribution in [1.29, 1.82) is 0 Å². The van der Waals surface area contributed by atoms with Gasteiger partial charge in [0.25, 0.3) is 6.13 Å². The Balaban J connectivity index is 1.97. The Hall–Kier alpha value is -0.425. The summed E-state index contributed by atoms with van der Waals surface area (Å²) in [6.07, 6.45) is 2.82. The molecule has 1 saturated heterocycles. The van der Waals surface area contributed by atoms with Gasteiger partial charge in [-0.1, -0.05) is 36.7 Å². The number of halogens is 1. The summed E-state index contributed by atoms with van der Waals surface area (Å²) < 4.78 is 0. The summed E-state index contributed by atoms with van der Waals surface area (Å²) in [7, 11) is 0. The molecule has 0 amide bonds. The Bertz CT molecular complexity index is 235. The normalized spacial score (nSPS) is 21.9. The molecular formula is C9H10BCl. The second-order valence-electron chi connectivity index (χ2n) is 3.20. The smallest absolute Gasteiger partial charge is 0.195 e. The van der Waals surface area contributed by atoms with Crippen molar-refractivity contribution in [3.8, 4) is 0 Å². The molecule has 0 aromatic heterocycles. The highest BCUT2D eigenvalue weighted by Crippen LogP contribution is 2.42. The summed E-state index contributed by atoms with van der Waals surface area (Å²) in [6.45, 7) is 0. The minimum absolute atomic E-state index is 0.454. The van der Waals surface area contributed by atoms with Gasteiger partial charge in [0.15, 0.2) is 0 Å². The lowest BCUT2D eigenvalue weighted by Crippen LogP contribution is -1.85. The van der Waals surface area contributed by atoms with Crippen molar-refractivity contribution in [1.82, 2.24) is 0 Å². The largest absolute Gasteiger partial charge is 0.253 e. The molecule has 0 saturated carbocycles. The van der Waals surface area contributed by atoms with Crippen LogP contribution in [0.2, 0.25) is 12.1 Å². The van der Waals surface area contributed by atoms with Gasteiger partial charge in [0, 0.05) is 0 Å². The van der Waals surface area contributed by atoms with Gasteiger partial charge in [-0.3, -0.25) is 0 Å². The second kappa shape index (κ2) is 2.90. The van der Waals surface area contributed by atoms with Crippen molar-refractivity contribution in [3.05, 3.63) is 35.9 Å². The van der Waals surface area contributed by atoms with Gasteiger partial charge in [-0.15, -0.1) is 0 Å². The fraction of sp³-hybridized carbons (Fsp3) is 0.333. The molecular weight excluding hydrogens is 154 g/mol. The van der Waals surface area contributed by atoms with Crippen molar-refractivity contribution in [2.45, 2.75) is 18.6 Å². The standard InChI is InChI=1S/C9H10BCl/c11-10-7-9(10)6-8-4-2-1-3-5-8/h1-5,9H,6-7H2. The van der Waals surface area contributed by atoms with Crippen LogP contribution in [0.4, 0.5) is 0 Å². The molecule has 1 unspecified atom stereocenters. The second-order valence-corrected chi connectivity index (χ2v) is 3.76. The summed E-state index contributed by atoms with van der Waals surface area (Å²) in [5.74, 6) is 0.749. The molecule has 0 N–H and O–H groups in total. The Kier molecular flexibility index (Phi) is 1.91. The predicted octanol–water partition coefficient (Wildman–Crippen LogP) is 2.84. The van der Waals surface area contributed by atoms with Crippen LogP contribution in [0.25, 0.3) is 0 Å². The average Bonchev–Trinajstić information content (AvgIpc) is 2.69. The minimum Gasteiger partial charge on any atom is -0.195 e. The van der Waals surface area contributed by atoms with Crippen LogP contribution in [-0.2, 0) is 6.42 Å². The first kappa shape index (κ1) is 7.24. The van der Waals surface area contributed by atoms with E-state index in [9.17, 15) is 0 Å². The zero-order valence-electron chi connectivity index (χ0n) is 6.33. The maximum atomic E-state index is 5.90. The van der Waals surface area contributed by atoms with Crippen LogP contribution in [-0.4, -0.2) is 6.13 Å². The van der Waals surface area contributed by atoms with Gasteiger partial charge in [0.05, 0.1) is 0 Å². The van der Waals surface area contributed by atoms with E-state index in [0.29, 0.717) is 6.13 Å². The Morgan fingerprint density at radius 1 is 1.36 bits per heavy atom. The van der Waals surface area contributed by atoms with E-state index in [4.69, 9.17) is 11.5 Å². The monoisotopic (exact) mass is 164 g/mol. The molecule has 1 aliphatic rings. The van der Waals surface area contributed by atoms with Crippen molar-refractivity contribution < 1.29 is 0 Å². The molecule has 1 aliphatic heterocycles. The topological polar surface area (TPSA) is 0 Å². The Morgan fingerprint density at radius 3 is 2.55 bits per heavy atom. The van der Waals surface area contributed by atoms with E-state index in [1.54, 1.807) is 0 Å².